The lowest BCUT2D eigenvalue weighted by Gasteiger charge is -2.50. The number of ether oxygens (including phenoxy) is 1. The zero-order valence-corrected chi connectivity index (χ0v) is 26.9. The minimum atomic E-state index is -4.85. The van der Waals surface area contributed by atoms with Gasteiger partial charge in [0, 0.05) is 22.9 Å². The Labute approximate surface area is 287 Å². The fourth-order valence-corrected chi connectivity index (χ4v) is 7.28. The zero-order valence-electron chi connectivity index (χ0n) is 26.9. The molecule has 0 heterocycles. The number of primary amides is 1. The van der Waals surface area contributed by atoms with Gasteiger partial charge < -0.3 is 41.5 Å². The van der Waals surface area contributed by atoms with E-state index < -0.39 is 76.2 Å². The maximum atomic E-state index is 14.0. The number of hydrogen-bond acceptors (Lipinski definition) is 10. The zero-order chi connectivity index (χ0) is 37.2. The summed E-state index contributed by atoms with van der Waals surface area (Å²) in [6.07, 6.45) is -4.85. The Morgan fingerprint density at radius 2 is 1.53 bits per heavy atom. The second-order valence-corrected chi connectivity index (χ2v) is 12.7. The van der Waals surface area contributed by atoms with Gasteiger partial charge in [0.2, 0.25) is 5.78 Å². The molecule has 8 N–H and O–H groups in total. The van der Waals surface area contributed by atoms with Gasteiger partial charge in [0.25, 0.3) is 5.91 Å². The van der Waals surface area contributed by atoms with Crippen LogP contribution in [0.25, 0.3) is 16.9 Å². The van der Waals surface area contributed by atoms with Crippen molar-refractivity contribution >= 4 is 40.6 Å². The van der Waals surface area contributed by atoms with Crippen molar-refractivity contribution in [3.63, 3.8) is 0 Å². The van der Waals surface area contributed by atoms with Crippen molar-refractivity contribution in [2.24, 2.45) is 17.6 Å². The molecule has 4 atom stereocenters. The number of rotatable bonds is 6. The molecule has 0 aromatic heterocycles. The van der Waals surface area contributed by atoms with E-state index in [1.165, 1.54) is 37.2 Å². The molecule has 51 heavy (non-hydrogen) atoms. The van der Waals surface area contributed by atoms with E-state index >= 15 is 0 Å². The molecule has 0 aliphatic heterocycles. The number of phenolic OH excluding ortho intramolecular Hbond substituents is 1. The maximum Gasteiger partial charge on any atom is 0.573 e. The fourth-order valence-electron chi connectivity index (χ4n) is 7.28. The molecule has 3 aromatic rings. The number of Topliss-reactive ketones (excluding diaryl/α,β-unsaturated/α-hetero) is 2. The number of aliphatic hydroxyl groups is 3. The number of fused-ring (bicyclic) bond motifs is 3. The van der Waals surface area contributed by atoms with Gasteiger partial charge in [-0.05, 0) is 92.0 Å². The molecule has 1 saturated carbocycles. The van der Waals surface area contributed by atoms with Crippen LogP contribution in [-0.2, 0) is 20.8 Å². The number of nitrogens with zero attached hydrogens (tertiary/aromatic N) is 1. The van der Waals surface area contributed by atoms with Gasteiger partial charge in [0.1, 0.15) is 28.6 Å². The maximum absolute atomic E-state index is 14.0. The van der Waals surface area contributed by atoms with Gasteiger partial charge in [-0.2, -0.15) is 0 Å². The molecular weight excluding hydrogens is 677 g/mol. The van der Waals surface area contributed by atoms with Gasteiger partial charge in [0.05, 0.1) is 11.6 Å². The first-order valence-corrected chi connectivity index (χ1v) is 15.5. The molecule has 0 saturated heterocycles. The number of amides is 3. The number of likely N-dealkylation sites (N-methyl/N-ethyl adjacent to an activating group) is 1. The summed E-state index contributed by atoms with van der Waals surface area (Å²) >= 11 is 0. The molecule has 3 aliphatic carbocycles. The minimum absolute atomic E-state index is 0.0722. The van der Waals surface area contributed by atoms with Crippen molar-refractivity contribution in [2.45, 2.75) is 30.8 Å². The second-order valence-electron chi connectivity index (χ2n) is 12.7. The molecule has 3 aromatic carbocycles. The van der Waals surface area contributed by atoms with Crippen molar-refractivity contribution in [3.8, 4) is 22.6 Å². The number of anilines is 2. The van der Waals surface area contributed by atoms with Crippen molar-refractivity contribution in [1.29, 1.82) is 0 Å². The lowest BCUT2D eigenvalue weighted by atomic mass is 9.57. The molecule has 0 spiro atoms. The highest BCUT2D eigenvalue weighted by molar-refractivity contribution is 6.24. The number of benzene rings is 3. The molecule has 1 unspecified atom stereocenters. The highest BCUT2D eigenvalue weighted by Crippen LogP contribution is 2.53. The standard InChI is InChI=1S/C35H31F3N4O9/c1-42(2)27-22-14-16-13-21-20(15-3-5-17(6-4-15)40-33(49)41-18-7-9-19(10-8-18)51-35(36,37)38)11-12-23(43)25(21)28(44)24(16)30(46)34(22,50)31(47)26(29(27)45)32(39)48/h3-12,16,22,27,43-44,47,50H,13-14H2,1-2H3,(H2,39,48)(H2,40,41,49)/t16-,22-,27?,34-/m1/s1. The molecule has 6 rings (SSSR count). The van der Waals surface area contributed by atoms with Gasteiger partial charge in [-0.1, -0.05) is 18.2 Å². The summed E-state index contributed by atoms with van der Waals surface area (Å²) in [6.45, 7) is 0. The Balaban J connectivity index is 1.29. The molecule has 266 valence electrons. The van der Waals surface area contributed by atoms with Crippen LogP contribution in [0.15, 0.2) is 77.6 Å². The number of nitrogens with one attached hydrogen (secondary N) is 2. The monoisotopic (exact) mass is 708 g/mol. The van der Waals surface area contributed by atoms with E-state index in [2.05, 4.69) is 15.4 Å². The summed E-state index contributed by atoms with van der Waals surface area (Å²) in [6, 6.07) is 12.0. The lowest BCUT2D eigenvalue weighted by Crippen LogP contribution is -2.65. The first-order valence-electron chi connectivity index (χ1n) is 15.5. The van der Waals surface area contributed by atoms with Crippen molar-refractivity contribution in [3.05, 3.63) is 88.7 Å². The van der Waals surface area contributed by atoms with E-state index in [0.717, 1.165) is 12.1 Å². The summed E-state index contributed by atoms with van der Waals surface area (Å²) in [4.78, 5) is 53.5. The van der Waals surface area contributed by atoms with Gasteiger partial charge in [-0.15, -0.1) is 13.2 Å². The van der Waals surface area contributed by atoms with E-state index in [0.29, 0.717) is 22.4 Å². The van der Waals surface area contributed by atoms with Crippen LogP contribution in [0.5, 0.6) is 11.5 Å². The smallest absolute Gasteiger partial charge is 0.508 e. The third-order valence-electron chi connectivity index (χ3n) is 9.40. The number of carbonyl (C=O) groups is 4. The van der Waals surface area contributed by atoms with Gasteiger partial charge >= 0.3 is 12.4 Å². The van der Waals surface area contributed by atoms with Crippen LogP contribution in [0.3, 0.4) is 0 Å². The quantitative estimate of drug-likeness (QED) is 0.182. The van der Waals surface area contributed by atoms with Crippen molar-refractivity contribution < 1.29 is 57.5 Å². The Hall–Kier alpha value is -5.87. The number of aliphatic hydroxyl groups excluding tert-OH is 2. The van der Waals surface area contributed by atoms with Crippen molar-refractivity contribution in [1.82, 2.24) is 4.90 Å². The summed E-state index contributed by atoms with van der Waals surface area (Å²) in [5.41, 5.74) is 3.53. The Morgan fingerprint density at radius 3 is 2.08 bits per heavy atom. The Kier molecular flexibility index (Phi) is 8.55. The largest absolute Gasteiger partial charge is 0.573 e. The predicted molar refractivity (Wildman–Crippen MR) is 175 cm³/mol. The van der Waals surface area contributed by atoms with Crippen LogP contribution < -0.4 is 21.1 Å². The first kappa shape index (κ1) is 35.0. The summed E-state index contributed by atoms with van der Waals surface area (Å²) in [5, 5.41) is 50.3. The van der Waals surface area contributed by atoms with Crippen LogP contribution in [0.2, 0.25) is 0 Å². The molecule has 0 radical (unpaired) electrons. The molecule has 16 heteroatoms. The van der Waals surface area contributed by atoms with E-state index in [-0.39, 0.29) is 35.4 Å². The van der Waals surface area contributed by atoms with Crippen LogP contribution in [-0.4, -0.2) is 80.9 Å². The van der Waals surface area contributed by atoms with E-state index in [1.807, 2.05) is 0 Å². The van der Waals surface area contributed by atoms with Crippen LogP contribution in [0.4, 0.5) is 29.3 Å². The topological polar surface area (TPSA) is 212 Å². The summed E-state index contributed by atoms with van der Waals surface area (Å²) in [5.74, 6) is -7.90. The number of halogens is 3. The van der Waals surface area contributed by atoms with Crippen LogP contribution in [0, 0.1) is 11.8 Å². The second kappa shape index (κ2) is 12.5. The number of nitrogens with two attached hydrogens (primary N) is 1. The van der Waals surface area contributed by atoms with Crippen LogP contribution >= 0.6 is 0 Å². The number of aromatic hydroxyl groups is 1. The molecule has 13 nitrogen and oxygen atoms in total. The average molecular weight is 709 g/mol. The Bertz CT molecular complexity index is 2040. The number of urea groups is 1. The molecule has 1 fully saturated rings. The molecule has 3 aliphatic rings. The number of ketones is 2. The lowest BCUT2D eigenvalue weighted by molar-refractivity contribution is -0.274. The van der Waals surface area contributed by atoms with Gasteiger partial charge in [-0.3, -0.25) is 19.3 Å². The minimum Gasteiger partial charge on any atom is -0.508 e. The third kappa shape index (κ3) is 6.01. The first-order chi connectivity index (χ1) is 23.9. The number of phenols is 1. The summed E-state index contributed by atoms with van der Waals surface area (Å²) in [7, 11) is 3.03. The third-order valence-corrected chi connectivity index (χ3v) is 9.40. The van der Waals surface area contributed by atoms with Crippen molar-refractivity contribution in [2.75, 3.05) is 24.7 Å². The SMILES string of the molecule is CN(C)C1C(=O)C(C(N)=O)=C(O)[C@]2(O)C(=O)C3=C(O)c4c(O)ccc(-c5ccc(NC(=O)Nc6ccc(OC(F)(F)F)cc6)cc5)c4C[C@@H]3C[C@H]12. The molecule has 3 amide bonds. The normalized spacial score (nSPS) is 23.0. The number of carbonyl (C=O) groups excluding carboxylic acids is 4. The fraction of sp³-hybridized carbons (Fsp3) is 0.257. The van der Waals surface area contributed by atoms with E-state index in [9.17, 15) is 52.8 Å². The van der Waals surface area contributed by atoms with Crippen LogP contribution in [0.1, 0.15) is 17.5 Å². The Morgan fingerprint density at radius 1 is 0.941 bits per heavy atom. The molecule has 0 bridgehead atoms. The number of alkyl halides is 3. The van der Waals surface area contributed by atoms with Gasteiger partial charge in [0.15, 0.2) is 11.4 Å². The predicted octanol–water partition coefficient (Wildman–Crippen LogP) is 4.17. The highest BCUT2D eigenvalue weighted by atomic mass is 19.4. The molecular formula is C35H31F3N4O9. The number of hydrogen-bond donors (Lipinski definition) is 7. The van der Waals surface area contributed by atoms with E-state index in [4.69, 9.17) is 5.73 Å². The van der Waals surface area contributed by atoms with Gasteiger partial charge in [-0.25, -0.2) is 4.79 Å². The summed E-state index contributed by atoms with van der Waals surface area (Å²) < 4.78 is 41.0. The average Bonchev–Trinajstić information content (AvgIpc) is 3.03. The van der Waals surface area contributed by atoms with E-state index in [1.54, 1.807) is 30.3 Å². The highest BCUT2D eigenvalue weighted by Gasteiger charge is 2.64.